The van der Waals surface area contributed by atoms with Crippen molar-refractivity contribution in [3.05, 3.63) is 34.9 Å². The zero-order valence-corrected chi connectivity index (χ0v) is 13.8. The SMILES string of the molecule is CCC1CCC(CNC(C)c2ccc3c(c2)CCC3)CC1. The summed E-state index contributed by atoms with van der Waals surface area (Å²) < 4.78 is 0. The lowest BCUT2D eigenvalue weighted by molar-refractivity contribution is 0.258. The second-order valence-electron chi connectivity index (χ2n) is 7.31. The molecule has 1 unspecified atom stereocenters. The molecule has 1 nitrogen and oxygen atoms in total. The Bertz CT molecular complexity index is 457. The van der Waals surface area contributed by atoms with Gasteiger partial charge in [-0.25, -0.2) is 0 Å². The third kappa shape index (κ3) is 3.69. The van der Waals surface area contributed by atoms with Crippen LogP contribution in [0.5, 0.6) is 0 Å². The van der Waals surface area contributed by atoms with Gasteiger partial charge in [0.05, 0.1) is 0 Å². The van der Waals surface area contributed by atoms with Gasteiger partial charge in [-0.2, -0.15) is 0 Å². The molecule has 21 heavy (non-hydrogen) atoms. The number of benzene rings is 1. The number of fused-ring (bicyclic) bond motifs is 1. The highest BCUT2D eigenvalue weighted by atomic mass is 14.9. The molecular formula is C20H31N. The van der Waals surface area contributed by atoms with Crippen LogP contribution in [-0.4, -0.2) is 6.54 Å². The van der Waals surface area contributed by atoms with Crippen LogP contribution in [0, 0.1) is 11.8 Å². The van der Waals surface area contributed by atoms with Crippen molar-refractivity contribution >= 4 is 0 Å². The molecule has 0 spiro atoms. The van der Waals surface area contributed by atoms with E-state index < -0.39 is 0 Å². The van der Waals surface area contributed by atoms with Crippen molar-refractivity contribution in [3.63, 3.8) is 0 Å². The Kier molecular flexibility index (Phi) is 5.00. The molecule has 1 heteroatoms. The van der Waals surface area contributed by atoms with Crippen LogP contribution in [0.15, 0.2) is 18.2 Å². The van der Waals surface area contributed by atoms with Gasteiger partial charge >= 0.3 is 0 Å². The third-order valence-corrected chi connectivity index (χ3v) is 5.88. The Balaban J connectivity index is 1.49. The Hall–Kier alpha value is -0.820. The fourth-order valence-corrected chi connectivity index (χ4v) is 4.17. The lowest BCUT2D eigenvalue weighted by Crippen LogP contribution is -2.28. The standard InChI is InChI=1S/C20H31N/c1-3-16-7-9-17(10-8-16)14-21-15(2)19-12-11-18-5-4-6-20(18)13-19/h11-13,15-17,21H,3-10,14H2,1-2H3. The number of hydrogen-bond acceptors (Lipinski definition) is 1. The van der Waals surface area contributed by atoms with Crippen molar-refractivity contribution in [2.75, 3.05) is 6.54 Å². The topological polar surface area (TPSA) is 12.0 Å². The van der Waals surface area contributed by atoms with Crippen LogP contribution in [0.25, 0.3) is 0 Å². The van der Waals surface area contributed by atoms with Crippen LogP contribution in [0.2, 0.25) is 0 Å². The van der Waals surface area contributed by atoms with Crippen molar-refractivity contribution in [2.24, 2.45) is 11.8 Å². The van der Waals surface area contributed by atoms with Crippen molar-refractivity contribution in [2.45, 2.75) is 71.3 Å². The normalized spacial score (nSPS) is 26.6. The van der Waals surface area contributed by atoms with Crippen LogP contribution in [0.3, 0.4) is 0 Å². The summed E-state index contributed by atoms with van der Waals surface area (Å²) in [6.07, 6.45) is 11.1. The van der Waals surface area contributed by atoms with E-state index in [1.807, 2.05) is 0 Å². The van der Waals surface area contributed by atoms with E-state index in [0.717, 1.165) is 11.8 Å². The highest BCUT2D eigenvalue weighted by Crippen LogP contribution is 2.31. The van der Waals surface area contributed by atoms with Gasteiger partial charge < -0.3 is 5.32 Å². The van der Waals surface area contributed by atoms with Crippen molar-refractivity contribution in [3.8, 4) is 0 Å². The first-order valence-corrected chi connectivity index (χ1v) is 9.11. The second kappa shape index (κ2) is 6.96. The van der Waals surface area contributed by atoms with Gasteiger partial charge in [0.15, 0.2) is 0 Å². The summed E-state index contributed by atoms with van der Waals surface area (Å²) in [6, 6.07) is 7.66. The highest BCUT2D eigenvalue weighted by Gasteiger charge is 2.20. The Morgan fingerprint density at radius 2 is 1.76 bits per heavy atom. The molecule has 3 rings (SSSR count). The minimum atomic E-state index is 0.500. The molecule has 0 aromatic heterocycles. The molecule has 1 aromatic carbocycles. The highest BCUT2D eigenvalue weighted by molar-refractivity contribution is 5.36. The van der Waals surface area contributed by atoms with Gasteiger partial charge in [0.2, 0.25) is 0 Å². The monoisotopic (exact) mass is 285 g/mol. The molecule has 0 bridgehead atoms. The smallest absolute Gasteiger partial charge is 0.0292 e. The molecule has 116 valence electrons. The maximum atomic E-state index is 3.79. The molecule has 1 N–H and O–H groups in total. The average Bonchev–Trinajstić information content (AvgIpc) is 3.00. The average molecular weight is 285 g/mol. The van der Waals surface area contributed by atoms with Crippen LogP contribution >= 0.6 is 0 Å². The van der Waals surface area contributed by atoms with E-state index in [1.54, 1.807) is 11.1 Å². The molecule has 0 heterocycles. The first-order chi connectivity index (χ1) is 10.3. The van der Waals surface area contributed by atoms with E-state index in [9.17, 15) is 0 Å². The van der Waals surface area contributed by atoms with Crippen LogP contribution < -0.4 is 5.32 Å². The van der Waals surface area contributed by atoms with Gasteiger partial charge in [-0.3, -0.25) is 0 Å². The Labute approximate surface area is 130 Å². The van der Waals surface area contributed by atoms with Crippen LogP contribution in [-0.2, 0) is 12.8 Å². The maximum Gasteiger partial charge on any atom is 0.0292 e. The molecule has 2 aliphatic rings. The lowest BCUT2D eigenvalue weighted by Gasteiger charge is -2.29. The molecule has 0 radical (unpaired) electrons. The van der Waals surface area contributed by atoms with E-state index in [-0.39, 0.29) is 0 Å². The molecule has 1 fully saturated rings. The maximum absolute atomic E-state index is 3.79. The van der Waals surface area contributed by atoms with Gasteiger partial charge in [0.25, 0.3) is 0 Å². The molecule has 2 aliphatic carbocycles. The minimum Gasteiger partial charge on any atom is -0.310 e. The summed E-state index contributed by atoms with van der Waals surface area (Å²) >= 11 is 0. The molecule has 1 aromatic rings. The summed E-state index contributed by atoms with van der Waals surface area (Å²) in [7, 11) is 0. The first kappa shape index (κ1) is 15.1. The largest absolute Gasteiger partial charge is 0.310 e. The van der Waals surface area contributed by atoms with Gasteiger partial charge in [-0.15, -0.1) is 0 Å². The molecule has 0 aliphatic heterocycles. The van der Waals surface area contributed by atoms with Gasteiger partial charge in [-0.1, -0.05) is 44.4 Å². The van der Waals surface area contributed by atoms with E-state index >= 15 is 0 Å². The molecule has 1 atom stereocenters. The fraction of sp³-hybridized carbons (Fsp3) is 0.700. The zero-order valence-electron chi connectivity index (χ0n) is 13.8. The van der Waals surface area contributed by atoms with Crippen molar-refractivity contribution < 1.29 is 0 Å². The first-order valence-electron chi connectivity index (χ1n) is 9.11. The van der Waals surface area contributed by atoms with Crippen LogP contribution in [0.4, 0.5) is 0 Å². The predicted octanol–water partition coefficient (Wildman–Crippen LogP) is 5.04. The predicted molar refractivity (Wildman–Crippen MR) is 90.6 cm³/mol. The zero-order chi connectivity index (χ0) is 14.7. The van der Waals surface area contributed by atoms with E-state index in [0.29, 0.717) is 6.04 Å². The Morgan fingerprint density at radius 1 is 1.05 bits per heavy atom. The summed E-state index contributed by atoms with van der Waals surface area (Å²) in [5.74, 6) is 1.92. The van der Waals surface area contributed by atoms with E-state index in [2.05, 4.69) is 37.4 Å². The minimum absolute atomic E-state index is 0.500. The lowest BCUT2D eigenvalue weighted by atomic mass is 9.81. The molecule has 0 amide bonds. The Morgan fingerprint density at radius 3 is 2.52 bits per heavy atom. The number of aryl methyl sites for hydroxylation is 2. The summed E-state index contributed by atoms with van der Waals surface area (Å²) in [4.78, 5) is 0. The van der Waals surface area contributed by atoms with E-state index in [1.165, 1.54) is 63.5 Å². The van der Waals surface area contributed by atoms with Gasteiger partial charge in [0.1, 0.15) is 0 Å². The summed E-state index contributed by atoms with van der Waals surface area (Å²) in [6.45, 7) is 5.88. The van der Waals surface area contributed by atoms with E-state index in [4.69, 9.17) is 0 Å². The quantitative estimate of drug-likeness (QED) is 0.799. The molecule has 1 saturated carbocycles. The summed E-state index contributed by atoms with van der Waals surface area (Å²) in [5.41, 5.74) is 4.67. The number of rotatable bonds is 5. The number of nitrogens with one attached hydrogen (secondary N) is 1. The third-order valence-electron chi connectivity index (χ3n) is 5.88. The second-order valence-corrected chi connectivity index (χ2v) is 7.31. The summed E-state index contributed by atoms with van der Waals surface area (Å²) in [5, 5.41) is 3.79. The fourth-order valence-electron chi connectivity index (χ4n) is 4.17. The van der Waals surface area contributed by atoms with Gasteiger partial charge in [0, 0.05) is 6.04 Å². The molecular weight excluding hydrogens is 254 g/mol. The van der Waals surface area contributed by atoms with Crippen molar-refractivity contribution in [1.82, 2.24) is 5.32 Å². The van der Waals surface area contributed by atoms with Crippen molar-refractivity contribution in [1.29, 1.82) is 0 Å². The van der Waals surface area contributed by atoms with Gasteiger partial charge in [-0.05, 0) is 74.1 Å². The molecule has 0 saturated heterocycles. The number of hydrogen-bond donors (Lipinski definition) is 1. The van der Waals surface area contributed by atoms with Crippen LogP contribution in [0.1, 0.15) is 75.1 Å².